The van der Waals surface area contributed by atoms with Gasteiger partial charge in [-0.3, -0.25) is 4.79 Å². The Morgan fingerprint density at radius 3 is 2.64 bits per heavy atom. The first-order valence-corrected chi connectivity index (χ1v) is 10.8. The van der Waals surface area contributed by atoms with E-state index in [4.69, 9.17) is 23.2 Å². The van der Waals surface area contributed by atoms with E-state index < -0.39 is 0 Å². The average molecular weight is 432 g/mol. The van der Waals surface area contributed by atoms with Crippen LogP contribution in [0.4, 0.5) is 5.13 Å². The molecule has 1 aliphatic rings. The number of carbonyl (C=O) groups is 1. The zero-order valence-corrected chi connectivity index (χ0v) is 17.4. The first kappa shape index (κ1) is 19.2. The Morgan fingerprint density at radius 2 is 1.93 bits per heavy atom. The van der Waals surface area contributed by atoms with Crippen molar-refractivity contribution >= 4 is 45.6 Å². The fraction of sp³-hybridized carbons (Fsp3) is 0.238. The van der Waals surface area contributed by atoms with Crippen molar-refractivity contribution in [3.05, 3.63) is 69.7 Å². The number of halogens is 2. The summed E-state index contributed by atoms with van der Waals surface area (Å²) in [7, 11) is 0. The lowest BCUT2D eigenvalue weighted by molar-refractivity contribution is 0.0951. The van der Waals surface area contributed by atoms with E-state index in [9.17, 15) is 4.79 Å². The molecule has 1 aromatic heterocycles. The van der Waals surface area contributed by atoms with E-state index in [1.54, 1.807) is 17.4 Å². The Kier molecular flexibility index (Phi) is 5.85. The number of amides is 1. The molecule has 0 saturated carbocycles. The first-order chi connectivity index (χ1) is 13.6. The molecule has 1 fully saturated rings. The summed E-state index contributed by atoms with van der Waals surface area (Å²) in [6.45, 7) is 1.61. The molecule has 4 rings (SSSR count). The highest BCUT2D eigenvalue weighted by Crippen LogP contribution is 2.29. The molecule has 3 aromatic rings. The summed E-state index contributed by atoms with van der Waals surface area (Å²) in [6, 6.07) is 13.3. The van der Waals surface area contributed by atoms with Crippen LogP contribution in [0.2, 0.25) is 10.0 Å². The molecule has 7 heteroatoms. The Morgan fingerprint density at radius 1 is 1.14 bits per heavy atom. The summed E-state index contributed by atoms with van der Waals surface area (Å²) < 4.78 is 0. The Balaban J connectivity index is 1.39. The fourth-order valence-electron chi connectivity index (χ4n) is 3.46. The topological polar surface area (TPSA) is 45.2 Å². The van der Waals surface area contributed by atoms with Crippen LogP contribution in [0.1, 0.15) is 23.2 Å². The molecule has 2 heterocycles. The van der Waals surface area contributed by atoms with Crippen LogP contribution < -0.4 is 10.2 Å². The van der Waals surface area contributed by atoms with Crippen molar-refractivity contribution < 1.29 is 4.79 Å². The zero-order chi connectivity index (χ0) is 19.5. The molecule has 144 valence electrons. The van der Waals surface area contributed by atoms with Crippen molar-refractivity contribution in [2.75, 3.05) is 18.0 Å². The second kappa shape index (κ2) is 8.52. The van der Waals surface area contributed by atoms with Gasteiger partial charge in [-0.05, 0) is 48.2 Å². The summed E-state index contributed by atoms with van der Waals surface area (Å²) >= 11 is 13.7. The monoisotopic (exact) mass is 431 g/mol. The second-order valence-corrected chi connectivity index (χ2v) is 8.41. The van der Waals surface area contributed by atoms with Gasteiger partial charge in [0.05, 0.1) is 10.0 Å². The number of thiazole rings is 1. The SMILES string of the molecule is O=C(NCC1CCCN1c1nccs1)c1ccc(-c2ccc(Cl)c(Cl)c2)cc1. The van der Waals surface area contributed by atoms with Gasteiger partial charge in [0.1, 0.15) is 0 Å². The smallest absolute Gasteiger partial charge is 0.251 e. The minimum Gasteiger partial charge on any atom is -0.350 e. The van der Waals surface area contributed by atoms with Gasteiger partial charge in [-0.1, -0.05) is 41.4 Å². The molecule has 4 nitrogen and oxygen atoms in total. The molecule has 1 N–H and O–H groups in total. The first-order valence-electron chi connectivity index (χ1n) is 9.11. The molecule has 0 bridgehead atoms. The van der Waals surface area contributed by atoms with Crippen LogP contribution in [-0.2, 0) is 0 Å². The van der Waals surface area contributed by atoms with Crippen LogP contribution in [0, 0.1) is 0 Å². The maximum Gasteiger partial charge on any atom is 0.251 e. The number of aromatic nitrogens is 1. The number of rotatable bonds is 5. The van der Waals surface area contributed by atoms with E-state index in [1.807, 2.05) is 48.0 Å². The van der Waals surface area contributed by atoms with Crippen molar-refractivity contribution in [3.8, 4) is 11.1 Å². The van der Waals surface area contributed by atoms with Gasteiger partial charge in [-0.25, -0.2) is 4.98 Å². The molecule has 1 saturated heterocycles. The van der Waals surface area contributed by atoms with Crippen LogP contribution in [0.5, 0.6) is 0 Å². The van der Waals surface area contributed by atoms with Crippen LogP contribution in [-0.4, -0.2) is 30.0 Å². The number of nitrogens with zero attached hydrogens (tertiary/aromatic N) is 2. The van der Waals surface area contributed by atoms with E-state index in [-0.39, 0.29) is 5.91 Å². The van der Waals surface area contributed by atoms with Gasteiger partial charge in [0, 0.05) is 36.3 Å². The molecule has 1 aliphatic heterocycles. The summed E-state index contributed by atoms with van der Waals surface area (Å²) in [5.41, 5.74) is 2.59. The number of hydrogen-bond acceptors (Lipinski definition) is 4. The third-order valence-corrected chi connectivity index (χ3v) is 6.49. The largest absolute Gasteiger partial charge is 0.350 e. The Hall–Kier alpha value is -2.08. The van der Waals surface area contributed by atoms with Crippen LogP contribution in [0.25, 0.3) is 11.1 Å². The standard InChI is InChI=1S/C21H19Cl2N3OS/c22-18-8-7-16(12-19(18)23)14-3-5-15(6-4-14)20(27)25-13-17-2-1-10-26(17)21-24-9-11-28-21/h3-9,11-12,17H,1-2,10,13H2,(H,25,27). The molecule has 28 heavy (non-hydrogen) atoms. The average Bonchev–Trinajstić information content (AvgIpc) is 3.39. The minimum absolute atomic E-state index is 0.0633. The fourth-order valence-corrected chi connectivity index (χ4v) is 4.50. The lowest BCUT2D eigenvalue weighted by atomic mass is 10.0. The van der Waals surface area contributed by atoms with Gasteiger partial charge >= 0.3 is 0 Å². The van der Waals surface area contributed by atoms with Crippen molar-refractivity contribution in [1.29, 1.82) is 0 Å². The van der Waals surface area contributed by atoms with Gasteiger partial charge < -0.3 is 10.2 Å². The van der Waals surface area contributed by atoms with E-state index in [0.717, 1.165) is 35.6 Å². The Bertz CT molecular complexity index is 960. The van der Waals surface area contributed by atoms with E-state index >= 15 is 0 Å². The second-order valence-electron chi connectivity index (χ2n) is 6.72. The predicted octanol–water partition coefficient (Wildman–Crippen LogP) is 5.52. The van der Waals surface area contributed by atoms with Crippen LogP contribution in [0.3, 0.4) is 0 Å². The van der Waals surface area contributed by atoms with E-state index in [1.165, 1.54) is 0 Å². The highest BCUT2D eigenvalue weighted by Gasteiger charge is 2.26. The molecule has 0 spiro atoms. The van der Waals surface area contributed by atoms with Crippen molar-refractivity contribution in [2.45, 2.75) is 18.9 Å². The van der Waals surface area contributed by atoms with Crippen molar-refractivity contribution in [2.24, 2.45) is 0 Å². The van der Waals surface area contributed by atoms with Gasteiger partial charge in [0.15, 0.2) is 5.13 Å². The lowest BCUT2D eigenvalue weighted by Gasteiger charge is -2.24. The van der Waals surface area contributed by atoms with Crippen molar-refractivity contribution in [1.82, 2.24) is 10.3 Å². The molecule has 0 radical (unpaired) electrons. The normalized spacial score (nSPS) is 16.4. The summed E-state index contributed by atoms with van der Waals surface area (Å²) in [4.78, 5) is 19.2. The summed E-state index contributed by atoms with van der Waals surface area (Å²) in [6.07, 6.45) is 4.01. The zero-order valence-electron chi connectivity index (χ0n) is 15.1. The summed E-state index contributed by atoms with van der Waals surface area (Å²) in [5, 5.41) is 7.13. The molecular weight excluding hydrogens is 413 g/mol. The predicted molar refractivity (Wildman–Crippen MR) is 117 cm³/mol. The van der Waals surface area contributed by atoms with E-state index in [0.29, 0.717) is 28.2 Å². The highest BCUT2D eigenvalue weighted by molar-refractivity contribution is 7.13. The third kappa shape index (κ3) is 4.17. The number of benzene rings is 2. The number of hydrogen-bond donors (Lipinski definition) is 1. The minimum atomic E-state index is -0.0633. The number of carbonyl (C=O) groups excluding carboxylic acids is 1. The molecule has 1 atom stereocenters. The van der Waals surface area contributed by atoms with Gasteiger partial charge in [-0.15, -0.1) is 11.3 Å². The highest BCUT2D eigenvalue weighted by atomic mass is 35.5. The van der Waals surface area contributed by atoms with Crippen molar-refractivity contribution in [3.63, 3.8) is 0 Å². The van der Waals surface area contributed by atoms with E-state index in [2.05, 4.69) is 15.2 Å². The van der Waals surface area contributed by atoms with Crippen LogP contribution in [0.15, 0.2) is 54.0 Å². The molecule has 1 amide bonds. The summed E-state index contributed by atoms with van der Waals surface area (Å²) in [5.74, 6) is -0.0633. The molecular formula is C21H19Cl2N3OS. The van der Waals surface area contributed by atoms with Crippen LogP contribution >= 0.6 is 34.5 Å². The maximum absolute atomic E-state index is 12.6. The molecule has 1 unspecified atom stereocenters. The van der Waals surface area contributed by atoms with Gasteiger partial charge in [0.25, 0.3) is 5.91 Å². The quantitative estimate of drug-likeness (QED) is 0.578. The number of anilines is 1. The third-order valence-electron chi connectivity index (χ3n) is 4.94. The molecule has 2 aromatic carbocycles. The number of nitrogens with one attached hydrogen (secondary N) is 1. The maximum atomic E-state index is 12.6. The van der Waals surface area contributed by atoms with Gasteiger partial charge in [0.2, 0.25) is 0 Å². The Labute approximate surface area is 178 Å². The lowest BCUT2D eigenvalue weighted by Crippen LogP contribution is -2.40. The van der Waals surface area contributed by atoms with Gasteiger partial charge in [-0.2, -0.15) is 0 Å². The molecule has 0 aliphatic carbocycles.